The molecule has 2 aromatic carbocycles. The van der Waals surface area contributed by atoms with Gasteiger partial charge in [0.15, 0.2) is 17.4 Å². The van der Waals surface area contributed by atoms with Crippen molar-refractivity contribution < 1.29 is 27.9 Å². The third-order valence-corrected chi connectivity index (χ3v) is 3.58. The number of carbonyl (C=O) groups excluding carboxylic acids is 3. The minimum Gasteiger partial charge on any atom is -0.445 e. The summed E-state index contributed by atoms with van der Waals surface area (Å²) in [5.74, 6) is -3.73. The standard InChI is InChI=1S/C19H18F2N2O4/c1-11(22-19(26)27-10-13-6-4-3-5-7-13)18(25)14-8-15(20)16(21)9-17(14)23-12(2)24/h3-9,11H,10H2,1-2H3,(H,22,26)(H,23,24)/t11-/m0/s1. The molecule has 0 aliphatic heterocycles. The number of hydrogen-bond donors (Lipinski definition) is 2. The Hall–Kier alpha value is -3.29. The second-order valence-corrected chi connectivity index (χ2v) is 5.79. The number of rotatable bonds is 6. The highest BCUT2D eigenvalue weighted by Crippen LogP contribution is 2.22. The van der Waals surface area contributed by atoms with Crippen LogP contribution in [0.2, 0.25) is 0 Å². The van der Waals surface area contributed by atoms with Crippen LogP contribution in [0.3, 0.4) is 0 Å². The Bertz CT molecular complexity index is 856. The topological polar surface area (TPSA) is 84.5 Å². The number of ketones is 1. The molecule has 0 saturated heterocycles. The summed E-state index contributed by atoms with van der Waals surface area (Å²) in [6, 6.07) is 9.22. The third kappa shape index (κ3) is 5.60. The predicted octanol–water partition coefficient (Wildman–Crippen LogP) is 3.42. The summed E-state index contributed by atoms with van der Waals surface area (Å²) in [5.41, 5.74) is 0.317. The summed E-state index contributed by atoms with van der Waals surface area (Å²) >= 11 is 0. The molecule has 27 heavy (non-hydrogen) atoms. The molecule has 0 radical (unpaired) electrons. The molecule has 0 aliphatic rings. The van der Waals surface area contributed by atoms with Gasteiger partial charge >= 0.3 is 6.09 Å². The zero-order valence-corrected chi connectivity index (χ0v) is 14.7. The summed E-state index contributed by atoms with van der Waals surface area (Å²) in [7, 11) is 0. The largest absolute Gasteiger partial charge is 0.445 e. The summed E-state index contributed by atoms with van der Waals surface area (Å²) in [6.45, 7) is 2.54. The highest BCUT2D eigenvalue weighted by Gasteiger charge is 2.23. The van der Waals surface area contributed by atoms with Crippen LogP contribution in [0.25, 0.3) is 0 Å². The van der Waals surface area contributed by atoms with Crippen LogP contribution in [-0.2, 0) is 16.1 Å². The zero-order chi connectivity index (χ0) is 20.0. The van der Waals surface area contributed by atoms with Gasteiger partial charge in [-0.1, -0.05) is 30.3 Å². The van der Waals surface area contributed by atoms with Gasteiger partial charge in [-0.15, -0.1) is 0 Å². The number of halogens is 2. The van der Waals surface area contributed by atoms with E-state index < -0.39 is 35.5 Å². The lowest BCUT2D eigenvalue weighted by atomic mass is 10.0. The molecule has 0 spiro atoms. The average molecular weight is 376 g/mol. The quantitative estimate of drug-likeness (QED) is 0.757. The number of hydrogen-bond acceptors (Lipinski definition) is 4. The first-order valence-corrected chi connectivity index (χ1v) is 8.06. The van der Waals surface area contributed by atoms with Crippen molar-refractivity contribution in [3.63, 3.8) is 0 Å². The van der Waals surface area contributed by atoms with Crippen molar-refractivity contribution in [1.29, 1.82) is 0 Å². The lowest BCUT2D eigenvalue weighted by molar-refractivity contribution is -0.114. The van der Waals surface area contributed by atoms with Crippen molar-refractivity contribution >= 4 is 23.5 Å². The van der Waals surface area contributed by atoms with E-state index >= 15 is 0 Å². The van der Waals surface area contributed by atoms with Gasteiger partial charge in [0.25, 0.3) is 0 Å². The van der Waals surface area contributed by atoms with E-state index in [0.717, 1.165) is 12.5 Å². The maximum atomic E-state index is 13.5. The molecule has 2 aromatic rings. The summed E-state index contributed by atoms with van der Waals surface area (Å²) in [6.07, 6.45) is -0.844. The number of benzene rings is 2. The molecule has 2 N–H and O–H groups in total. The van der Waals surface area contributed by atoms with Crippen molar-refractivity contribution in [2.75, 3.05) is 5.32 Å². The zero-order valence-electron chi connectivity index (χ0n) is 14.7. The van der Waals surface area contributed by atoms with Crippen molar-refractivity contribution in [2.24, 2.45) is 0 Å². The van der Waals surface area contributed by atoms with E-state index in [1.807, 2.05) is 6.07 Å². The second-order valence-electron chi connectivity index (χ2n) is 5.79. The predicted molar refractivity (Wildman–Crippen MR) is 94.2 cm³/mol. The Kier molecular flexibility index (Phi) is 6.59. The van der Waals surface area contributed by atoms with E-state index in [4.69, 9.17) is 4.74 Å². The highest BCUT2D eigenvalue weighted by atomic mass is 19.2. The minimum absolute atomic E-state index is 0.00982. The lowest BCUT2D eigenvalue weighted by Crippen LogP contribution is -2.39. The van der Waals surface area contributed by atoms with Crippen LogP contribution in [0.1, 0.15) is 29.8 Å². The Morgan fingerprint density at radius 2 is 1.70 bits per heavy atom. The maximum absolute atomic E-state index is 13.5. The number of anilines is 1. The monoisotopic (exact) mass is 376 g/mol. The fourth-order valence-electron chi connectivity index (χ4n) is 2.28. The van der Waals surface area contributed by atoms with Crippen LogP contribution in [0.5, 0.6) is 0 Å². The minimum atomic E-state index is -1.24. The van der Waals surface area contributed by atoms with Crippen LogP contribution < -0.4 is 10.6 Å². The van der Waals surface area contributed by atoms with Gasteiger partial charge in [-0.2, -0.15) is 0 Å². The molecule has 6 nitrogen and oxygen atoms in total. The second kappa shape index (κ2) is 8.88. The SMILES string of the molecule is CC(=O)Nc1cc(F)c(F)cc1C(=O)[C@H](C)NC(=O)OCc1ccccc1. The molecule has 1 atom stereocenters. The number of carbonyl (C=O) groups is 3. The number of Topliss-reactive ketones (excluding diaryl/α,β-unsaturated/α-hetero) is 1. The molecular weight excluding hydrogens is 358 g/mol. The summed E-state index contributed by atoms with van der Waals surface area (Å²) < 4.78 is 32.0. The van der Waals surface area contributed by atoms with Crippen LogP contribution in [0, 0.1) is 11.6 Å². The summed E-state index contributed by atoms with van der Waals surface area (Å²) in [4.78, 5) is 35.6. The fraction of sp³-hybridized carbons (Fsp3) is 0.211. The van der Waals surface area contributed by atoms with Gasteiger partial charge in [-0.25, -0.2) is 13.6 Å². The smallest absolute Gasteiger partial charge is 0.408 e. The van der Waals surface area contributed by atoms with Crippen molar-refractivity contribution in [3.8, 4) is 0 Å². The molecule has 0 saturated carbocycles. The van der Waals surface area contributed by atoms with Crippen molar-refractivity contribution in [1.82, 2.24) is 5.32 Å². The van der Waals surface area contributed by atoms with Crippen molar-refractivity contribution in [2.45, 2.75) is 26.5 Å². The molecular formula is C19H18F2N2O4. The number of ether oxygens (including phenoxy) is 1. The van der Waals surface area contributed by atoms with Crippen molar-refractivity contribution in [3.05, 3.63) is 65.2 Å². The van der Waals surface area contributed by atoms with E-state index in [-0.39, 0.29) is 17.9 Å². The van der Waals surface area contributed by atoms with Crippen LogP contribution >= 0.6 is 0 Å². The fourth-order valence-corrected chi connectivity index (χ4v) is 2.28. The van der Waals surface area contributed by atoms with E-state index in [2.05, 4.69) is 10.6 Å². The molecule has 0 heterocycles. The van der Waals surface area contributed by atoms with Gasteiger partial charge < -0.3 is 15.4 Å². The van der Waals surface area contributed by atoms with E-state index in [1.165, 1.54) is 6.92 Å². The molecule has 142 valence electrons. The Morgan fingerprint density at radius 3 is 2.33 bits per heavy atom. The van der Waals surface area contributed by atoms with Crippen LogP contribution in [-0.4, -0.2) is 23.8 Å². The van der Waals surface area contributed by atoms with Gasteiger partial charge in [-0.05, 0) is 18.6 Å². The Morgan fingerprint density at radius 1 is 1.07 bits per heavy atom. The molecule has 2 amide bonds. The highest BCUT2D eigenvalue weighted by molar-refractivity contribution is 6.07. The van der Waals surface area contributed by atoms with Gasteiger partial charge in [0.1, 0.15) is 6.61 Å². The van der Waals surface area contributed by atoms with Crippen LogP contribution in [0.4, 0.5) is 19.3 Å². The van der Waals surface area contributed by atoms with E-state index in [0.29, 0.717) is 12.1 Å². The van der Waals surface area contributed by atoms with Gasteiger partial charge in [0.05, 0.1) is 11.7 Å². The first-order chi connectivity index (χ1) is 12.8. The molecule has 0 bridgehead atoms. The summed E-state index contributed by atoms with van der Waals surface area (Å²) in [5, 5.41) is 4.59. The molecule has 0 fully saturated rings. The molecule has 8 heteroatoms. The number of alkyl carbamates (subject to hydrolysis) is 1. The number of amides is 2. The molecule has 0 aliphatic carbocycles. The van der Waals surface area contributed by atoms with Gasteiger partial charge in [0.2, 0.25) is 5.91 Å². The Balaban J connectivity index is 2.06. The van der Waals surface area contributed by atoms with Gasteiger partial charge in [-0.3, -0.25) is 9.59 Å². The molecule has 2 rings (SSSR count). The first-order valence-electron chi connectivity index (χ1n) is 8.06. The average Bonchev–Trinajstić information content (AvgIpc) is 2.62. The Labute approximate surface area is 154 Å². The molecule has 0 aromatic heterocycles. The van der Waals surface area contributed by atoms with Crippen LogP contribution in [0.15, 0.2) is 42.5 Å². The van der Waals surface area contributed by atoms with E-state index in [1.54, 1.807) is 24.3 Å². The number of nitrogens with one attached hydrogen (secondary N) is 2. The first kappa shape index (κ1) is 20.0. The van der Waals surface area contributed by atoms with E-state index in [9.17, 15) is 23.2 Å². The maximum Gasteiger partial charge on any atom is 0.408 e. The van der Waals surface area contributed by atoms with Gasteiger partial charge in [0, 0.05) is 18.6 Å². The lowest BCUT2D eigenvalue weighted by Gasteiger charge is -2.16. The normalized spacial score (nSPS) is 11.4. The molecule has 0 unspecified atom stereocenters. The third-order valence-electron chi connectivity index (χ3n) is 3.58.